The van der Waals surface area contributed by atoms with Crippen molar-refractivity contribution in [1.29, 1.82) is 0 Å². The maximum atomic E-state index is 13.4. The number of aromatic amines is 1. The molecular formula is C99H146F6N20O12S. The third-order valence-electron chi connectivity index (χ3n) is 24.2. The smallest absolute Gasteiger partial charge is 0.407 e. The first-order valence-electron chi connectivity index (χ1n) is 48.2. The zero-order valence-electron chi connectivity index (χ0n) is 82.4. The van der Waals surface area contributed by atoms with Crippen LogP contribution in [0.25, 0.3) is 0 Å². The normalized spacial score (nSPS) is 20.9. The van der Waals surface area contributed by atoms with E-state index in [0.717, 1.165) is 137 Å². The molecule has 8 fully saturated rings. The number of Topliss-reactive ketones (excluding diaryl/α,β-unsaturated/α-hetero) is 1. The fraction of sp³-hybridized carbons (Fsp3) is 0.616. The molecule has 0 bridgehead atoms. The van der Waals surface area contributed by atoms with Crippen LogP contribution in [0.1, 0.15) is 261 Å². The van der Waals surface area contributed by atoms with Gasteiger partial charge < -0.3 is 51.3 Å². The summed E-state index contributed by atoms with van der Waals surface area (Å²) in [7, 11) is -3.68. The van der Waals surface area contributed by atoms with Gasteiger partial charge in [-0.05, 0) is 178 Å². The third kappa shape index (κ3) is 39.4. The average Bonchev–Trinajstić information content (AvgIpc) is 1.61. The van der Waals surface area contributed by atoms with Gasteiger partial charge in [-0.2, -0.15) is 33.9 Å². The molecule has 8 aromatic rings. The highest BCUT2D eigenvalue weighted by molar-refractivity contribution is 7.86. The van der Waals surface area contributed by atoms with Crippen LogP contribution in [0.15, 0.2) is 152 Å². The van der Waals surface area contributed by atoms with Crippen LogP contribution in [0.2, 0.25) is 0 Å². The lowest BCUT2D eigenvalue weighted by Crippen LogP contribution is -2.39. The van der Waals surface area contributed by atoms with Crippen molar-refractivity contribution in [1.82, 2.24) is 95.5 Å². The SMILES string of the molecule is CC(C)(C)OC(=O)NCc1cn[nH]c1.CC(C)(C)OC(=O)NCc1cnn([C@@H]2CCN(C3CCC(F)(F)CC3)C2)c1.CC(C)(C)OC(=O)NCc1cnn([C@@H]2CCN(Cc3ccccc3)C2)c1.CC(C)(C)OC(=O)NCc1cnn([C@@H]2CCNC2)c1.Cc1ccc(S(=O)(=O)O[C@H]2CCN(Cc3ccccc3)C2)cc1.NCc1cnn([C@@H]2CCN(C3CCC(F)(F)CC3)C2)c1.O=C1CCC(F)(F)CC1. The van der Waals surface area contributed by atoms with Crippen molar-refractivity contribution in [2.75, 3.05) is 65.4 Å². The molecule has 39 heteroatoms. The molecule has 3 aromatic carbocycles. The van der Waals surface area contributed by atoms with Gasteiger partial charge in [0.1, 0.15) is 28.2 Å². The molecule has 3 saturated carbocycles. The number of amides is 4. The number of benzene rings is 3. The van der Waals surface area contributed by atoms with Gasteiger partial charge in [0.05, 0.1) is 66.2 Å². The molecule has 138 heavy (non-hydrogen) atoms. The lowest BCUT2D eigenvalue weighted by molar-refractivity contribution is -0.128. The number of carbonyl (C=O) groups is 5. The van der Waals surface area contributed by atoms with Crippen LogP contribution in [0.5, 0.6) is 0 Å². The minimum Gasteiger partial charge on any atom is -0.444 e. The van der Waals surface area contributed by atoms with Gasteiger partial charge in [-0.25, -0.2) is 45.5 Å². The predicted molar refractivity (Wildman–Crippen MR) is 512 cm³/mol. The minimum absolute atomic E-state index is 0.00108. The van der Waals surface area contributed by atoms with E-state index in [2.05, 4.69) is 113 Å². The van der Waals surface area contributed by atoms with Gasteiger partial charge in [-0.15, -0.1) is 0 Å². The number of alkyl halides is 6. The van der Waals surface area contributed by atoms with E-state index < -0.39 is 74.7 Å². The van der Waals surface area contributed by atoms with Gasteiger partial charge in [0.15, 0.2) is 0 Å². The average molecular weight is 1950 g/mol. The Hall–Kier alpha value is -10.3. The first kappa shape index (κ1) is 110. The van der Waals surface area contributed by atoms with Gasteiger partial charge in [-0.1, -0.05) is 78.4 Å². The molecule has 10 heterocycles. The Balaban J connectivity index is 0.000000169. The molecule has 16 rings (SSSR count). The molecule has 0 unspecified atom stereocenters. The second-order valence-electron chi connectivity index (χ2n) is 40.8. The molecule has 5 aromatic heterocycles. The van der Waals surface area contributed by atoms with E-state index in [1.165, 1.54) is 11.1 Å². The Morgan fingerprint density at radius 2 is 0.804 bits per heavy atom. The molecule has 8 N–H and O–H groups in total. The quantitative estimate of drug-likeness (QED) is 0.0188. The topological polar surface area (TPSA) is 365 Å². The summed E-state index contributed by atoms with van der Waals surface area (Å²) in [6.45, 7) is 37.2. The number of alkyl carbamates (subject to hydrolysis) is 4. The molecule has 0 radical (unpaired) electrons. The third-order valence-corrected chi connectivity index (χ3v) is 25.5. The summed E-state index contributed by atoms with van der Waals surface area (Å²) in [5.74, 6) is -7.50. The first-order valence-corrected chi connectivity index (χ1v) is 49.6. The van der Waals surface area contributed by atoms with Crippen LogP contribution in [-0.2, 0) is 83.9 Å². The Morgan fingerprint density at radius 1 is 0.435 bits per heavy atom. The van der Waals surface area contributed by atoms with Crippen molar-refractivity contribution < 1.29 is 81.9 Å². The van der Waals surface area contributed by atoms with E-state index >= 15 is 0 Å². The second-order valence-corrected chi connectivity index (χ2v) is 42.4. The Bertz CT molecular complexity index is 5120. The van der Waals surface area contributed by atoms with Gasteiger partial charge >= 0.3 is 24.4 Å². The number of halogens is 6. The van der Waals surface area contributed by atoms with Crippen molar-refractivity contribution in [3.8, 4) is 0 Å². The summed E-state index contributed by atoms with van der Waals surface area (Å²) in [4.78, 5) is 66.2. The fourth-order valence-corrected chi connectivity index (χ4v) is 18.1. The molecule has 5 aliphatic heterocycles. The van der Waals surface area contributed by atoms with E-state index in [9.17, 15) is 58.7 Å². The summed E-state index contributed by atoms with van der Waals surface area (Å²) in [6.07, 6.45) is 23.6. The molecule has 8 aliphatic rings. The maximum Gasteiger partial charge on any atom is 0.407 e. The van der Waals surface area contributed by atoms with E-state index in [4.69, 9.17) is 28.9 Å². The summed E-state index contributed by atoms with van der Waals surface area (Å²) < 4.78 is 136. The number of H-pyrrole nitrogens is 1. The van der Waals surface area contributed by atoms with Gasteiger partial charge in [0.2, 0.25) is 17.8 Å². The Kier molecular flexibility index (Phi) is 40.3. The number of ketones is 1. The molecular weight excluding hydrogens is 1810 g/mol. The number of hydrogen-bond donors (Lipinski definition) is 7. The summed E-state index contributed by atoms with van der Waals surface area (Å²) >= 11 is 0. The number of ether oxygens (including phenoxy) is 4. The van der Waals surface area contributed by atoms with Gasteiger partial charge in [0, 0.05) is 227 Å². The number of nitrogens with zero attached hydrogens (tertiary/aromatic N) is 13. The largest absolute Gasteiger partial charge is 0.444 e. The van der Waals surface area contributed by atoms with Crippen LogP contribution in [-0.4, -0.2) is 231 Å². The molecule has 762 valence electrons. The van der Waals surface area contributed by atoms with E-state index in [1.807, 2.05) is 170 Å². The fourth-order valence-electron chi connectivity index (χ4n) is 17.0. The number of nitrogens with one attached hydrogen (secondary N) is 6. The lowest BCUT2D eigenvalue weighted by atomic mass is 9.91. The van der Waals surface area contributed by atoms with Crippen LogP contribution in [0.3, 0.4) is 0 Å². The molecule has 5 atom stereocenters. The minimum atomic E-state index is -3.68. The van der Waals surface area contributed by atoms with Gasteiger partial charge in [0.25, 0.3) is 10.1 Å². The molecule has 0 spiro atoms. The number of nitrogens with two attached hydrogens (primary N) is 1. The lowest BCUT2D eigenvalue weighted by Gasteiger charge is -2.34. The molecule has 32 nitrogen and oxygen atoms in total. The summed E-state index contributed by atoms with van der Waals surface area (Å²) in [6, 6.07) is 29.5. The standard InChI is InChI=1S/C20H28N4O2.C19H30F2N4O2.C18H21NO3S.C14H22F2N4.C13H22N4O2.C9H15N3O2.C6H8F2O/c1-20(2,3)26-19(25)21-11-17-12-22-24(14-17)18-9-10-23(15-18)13-16-7-5-4-6-8-16;1-18(2,3)27-17(26)22-10-14-11-23-25(12-14)16-6-9-24(13-16)15-4-7-19(20,21)8-5-15;1-15-7-9-18(10-8-15)23(20,21)22-17-11-12-19(14-17)13-16-5-3-2-4-6-16;15-14(16)4-1-12(2-5-14)19-6-3-13(10-19)20-9-11(7-17)8-18-20;1-13(2,3)19-12(18)15-6-10-7-16-17(9-10)11-4-5-14-8-11;1-9(2,3)14-8(13)10-4-7-5-11-12-6-7;7-6(8)3-1-5(9)2-4-6/h4-8,12,14,18H,9-11,13,15H2,1-3H3,(H,21,25);11-12,15-16H,4-10,13H2,1-3H3,(H,22,26);2-10,17H,11-14H2,1H3;8-9,12-13H,1-7,10,17H2;7,9,11,14H,4-6,8H2,1-3H3,(H,15,18);5-6H,4H2,1-3H3,(H,10,13)(H,11,12);1-4H2/t18-;16-;17-;13-;11-;;/m11011../s1. The molecule has 4 amide bonds. The van der Waals surface area contributed by atoms with Crippen LogP contribution in [0.4, 0.5) is 45.5 Å². The van der Waals surface area contributed by atoms with Crippen LogP contribution in [0, 0.1) is 6.92 Å². The summed E-state index contributed by atoms with van der Waals surface area (Å²) in [5, 5.41) is 38.2. The van der Waals surface area contributed by atoms with Crippen molar-refractivity contribution in [3.63, 3.8) is 0 Å². The van der Waals surface area contributed by atoms with E-state index in [0.29, 0.717) is 89.1 Å². The second kappa shape index (κ2) is 50.7. The number of likely N-dealkylation sites (tertiary alicyclic amines) is 4. The summed E-state index contributed by atoms with van der Waals surface area (Å²) in [5.41, 5.74) is 12.1. The number of aromatic nitrogens is 10. The van der Waals surface area contributed by atoms with Gasteiger partial charge in [-0.3, -0.25) is 52.4 Å². The molecule has 5 saturated heterocycles. The van der Waals surface area contributed by atoms with Crippen molar-refractivity contribution >= 4 is 40.3 Å². The van der Waals surface area contributed by atoms with Crippen LogP contribution >= 0.6 is 0 Å². The number of rotatable bonds is 22. The van der Waals surface area contributed by atoms with Crippen molar-refractivity contribution in [2.45, 2.75) is 332 Å². The number of aryl methyl sites for hydroxylation is 1. The van der Waals surface area contributed by atoms with Crippen molar-refractivity contribution in [3.05, 3.63) is 191 Å². The van der Waals surface area contributed by atoms with E-state index in [1.54, 1.807) is 49.1 Å². The first-order chi connectivity index (χ1) is 65.1. The zero-order valence-corrected chi connectivity index (χ0v) is 83.2. The highest BCUT2D eigenvalue weighted by Gasteiger charge is 2.42. The highest BCUT2D eigenvalue weighted by atomic mass is 32.2. The van der Waals surface area contributed by atoms with Crippen molar-refractivity contribution in [2.24, 2.45) is 5.73 Å². The Morgan fingerprint density at radius 3 is 1.18 bits per heavy atom. The highest BCUT2D eigenvalue weighted by Crippen LogP contribution is 2.40. The number of hydrogen-bond acceptors (Lipinski definition) is 23. The maximum absolute atomic E-state index is 13.4. The monoisotopic (exact) mass is 1950 g/mol. The predicted octanol–water partition coefficient (Wildman–Crippen LogP) is 16.9. The number of carbonyl (C=O) groups excluding carboxylic acids is 5. The zero-order chi connectivity index (χ0) is 100. The Labute approximate surface area is 808 Å². The molecule has 3 aliphatic carbocycles. The van der Waals surface area contributed by atoms with E-state index in [-0.39, 0.29) is 80.2 Å². The van der Waals surface area contributed by atoms with Crippen LogP contribution < -0.4 is 32.3 Å².